The van der Waals surface area contributed by atoms with E-state index in [-0.39, 0.29) is 0 Å². The Morgan fingerprint density at radius 3 is 2.68 bits per heavy atom. The molecule has 4 heterocycles. The number of ether oxygens (including phenoxy) is 1. The van der Waals surface area contributed by atoms with Crippen molar-refractivity contribution in [3.05, 3.63) is 48.8 Å². The van der Waals surface area contributed by atoms with E-state index in [0.29, 0.717) is 17.5 Å². The van der Waals surface area contributed by atoms with Gasteiger partial charge in [-0.2, -0.15) is 10.1 Å². The Balaban J connectivity index is 1.58. The third kappa shape index (κ3) is 2.64. The Hall–Kier alpha value is -3.88. The summed E-state index contributed by atoms with van der Waals surface area (Å²) in [6.07, 6.45) is 3.82. The molecule has 0 spiro atoms. The molecular weight excluding hydrogens is 356 g/mol. The lowest BCUT2D eigenvalue weighted by Crippen LogP contribution is -1.96. The second-order valence-electron chi connectivity index (χ2n) is 6.54. The van der Waals surface area contributed by atoms with Crippen molar-refractivity contribution in [2.24, 2.45) is 14.1 Å². The number of anilines is 2. The van der Waals surface area contributed by atoms with Gasteiger partial charge in [0.25, 0.3) is 5.88 Å². The number of aryl methyl sites for hydroxylation is 2. The summed E-state index contributed by atoms with van der Waals surface area (Å²) >= 11 is 0. The normalized spacial score (nSPS) is 11.4. The van der Waals surface area contributed by atoms with E-state index in [1.807, 2.05) is 66.0 Å². The fourth-order valence-corrected chi connectivity index (χ4v) is 3.31. The van der Waals surface area contributed by atoms with Crippen molar-refractivity contribution in [3.8, 4) is 17.1 Å². The Morgan fingerprint density at radius 2 is 1.82 bits per heavy atom. The predicted octanol–water partition coefficient (Wildman–Crippen LogP) is 2.77. The maximum absolute atomic E-state index is 5.28. The first-order valence-corrected chi connectivity index (χ1v) is 8.75. The lowest BCUT2D eigenvalue weighted by molar-refractivity contribution is 0.393. The third-order valence-corrected chi connectivity index (χ3v) is 4.51. The molecule has 0 aliphatic heterocycles. The van der Waals surface area contributed by atoms with Crippen LogP contribution in [-0.4, -0.2) is 41.3 Å². The van der Waals surface area contributed by atoms with Gasteiger partial charge in [-0.05, 0) is 24.3 Å². The molecule has 0 bridgehead atoms. The van der Waals surface area contributed by atoms with Crippen molar-refractivity contribution in [1.29, 1.82) is 0 Å². The highest BCUT2D eigenvalue weighted by Crippen LogP contribution is 2.27. The van der Waals surface area contributed by atoms with E-state index in [1.165, 1.54) is 0 Å². The molecule has 4 aromatic heterocycles. The molecule has 28 heavy (non-hydrogen) atoms. The number of nitrogens with one attached hydrogen (secondary N) is 1. The van der Waals surface area contributed by atoms with Gasteiger partial charge in [-0.3, -0.25) is 9.36 Å². The van der Waals surface area contributed by atoms with Crippen molar-refractivity contribution >= 4 is 28.2 Å². The van der Waals surface area contributed by atoms with Gasteiger partial charge in [0.2, 0.25) is 5.95 Å². The highest BCUT2D eigenvalue weighted by Gasteiger charge is 2.13. The first-order chi connectivity index (χ1) is 13.6. The number of aromatic nitrogens is 7. The van der Waals surface area contributed by atoms with E-state index in [1.54, 1.807) is 11.8 Å². The number of benzene rings is 1. The first-order valence-electron chi connectivity index (χ1n) is 8.75. The summed E-state index contributed by atoms with van der Waals surface area (Å²) in [5, 5.41) is 17.6. The Labute approximate surface area is 160 Å². The van der Waals surface area contributed by atoms with Gasteiger partial charge in [0.15, 0.2) is 5.65 Å². The lowest BCUT2D eigenvalue weighted by atomic mass is 10.1. The zero-order valence-electron chi connectivity index (χ0n) is 15.7. The van der Waals surface area contributed by atoms with E-state index in [9.17, 15) is 0 Å². The molecule has 0 unspecified atom stereocenters. The molecule has 1 N–H and O–H groups in total. The van der Waals surface area contributed by atoms with E-state index in [4.69, 9.17) is 4.74 Å². The average molecular weight is 374 g/mol. The van der Waals surface area contributed by atoms with Crippen LogP contribution in [0.4, 0.5) is 11.6 Å². The van der Waals surface area contributed by atoms with Crippen LogP contribution in [0.1, 0.15) is 0 Å². The molecule has 5 aromatic rings. The summed E-state index contributed by atoms with van der Waals surface area (Å²) in [4.78, 5) is 4.58. The molecule has 0 radical (unpaired) electrons. The minimum Gasteiger partial charge on any atom is -0.478 e. The summed E-state index contributed by atoms with van der Waals surface area (Å²) in [5.41, 5.74) is 4.40. The molecule has 0 aliphatic rings. The Kier molecular flexibility index (Phi) is 3.54. The van der Waals surface area contributed by atoms with Gasteiger partial charge < -0.3 is 10.1 Å². The monoisotopic (exact) mass is 374 g/mol. The maximum atomic E-state index is 5.28. The van der Waals surface area contributed by atoms with Crippen LogP contribution in [-0.2, 0) is 14.1 Å². The molecule has 0 aliphatic carbocycles. The summed E-state index contributed by atoms with van der Waals surface area (Å²) in [6, 6.07) is 12.1. The average Bonchev–Trinajstić information content (AvgIpc) is 3.35. The summed E-state index contributed by atoms with van der Waals surface area (Å²) in [5.74, 6) is 0.963. The number of fused-ring (bicyclic) bond motifs is 2. The minimum absolute atomic E-state index is 0.473. The lowest BCUT2D eigenvalue weighted by Gasteiger charge is -2.04. The van der Waals surface area contributed by atoms with Crippen LogP contribution < -0.4 is 10.1 Å². The maximum Gasteiger partial charge on any atom is 0.256 e. The van der Waals surface area contributed by atoms with Gasteiger partial charge in [0.1, 0.15) is 5.69 Å². The molecule has 0 saturated heterocycles. The fraction of sp³-hybridized carbons (Fsp3) is 0.158. The zero-order valence-corrected chi connectivity index (χ0v) is 15.7. The molecule has 0 saturated carbocycles. The van der Waals surface area contributed by atoms with Crippen molar-refractivity contribution in [1.82, 2.24) is 34.2 Å². The van der Waals surface area contributed by atoms with Gasteiger partial charge in [-0.15, -0.1) is 10.2 Å². The number of hydrogen-bond donors (Lipinski definition) is 1. The zero-order chi connectivity index (χ0) is 19.3. The van der Waals surface area contributed by atoms with Crippen LogP contribution in [0.15, 0.2) is 48.8 Å². The quantitative estimate of drug-likeness (QED) is 0.520. The standard InChI is InChI=1S/C19H18N8O/c1-25-10-13-9-12(7-8-14(13)22-25)16-5-4-6-17-21-19(24-27(16)17)20-15-11-26(2)23-18(15)28-3/h4-11H,1-3H3,(H,20,24). The molecule has 9 nitrogen and oxygen atoms in total. The molecular formula is C19H18N8O. The Morgan fingerprint density at radius 1 is 0.964 bits per heavy atom. The van der Waals surface area contributed by atoms with Crippen LogP contribution in [0.2, 0.25) is 0 Å². The third-order valence-electron chi connectivity index (χ3n) is 4.51. The van der Waals surface area contributed by atoms with Gasteiger partial charge in [0, 0.05) is 31.2 Å². The SMILES string of the molecule is COc1nn(C)cc1Nc1nc2cccc(-c3ccc4nn(C)cc4c3)n2n1. The summed E-state index contributed by atoms with van der Waals surface area (Å²) in [6.45, 7) is 0. The number of pyridine rings is 1. The second kappa shape index (κ2) is 6.08. The number of methoxy groups -OCH3 is 1. The van der Waals surface area contributed by atoms with Crippen molar-refractivity contribution in [3.63, 3.8) is 0 Å². The van der Waals surface area contributed by atoms with Crippen LogP contribution >= 0.6 is 0 Å². The topological polar surface area (TPSA) is 87.1 Å². The van der Waals surface area contributed by atoms with Crippen molar-refractivity contribution in [2.75, 3.05) is 12.4 Å². The van der Waals surface area contributed by atoms with Crippen LogP contribution in [0.25, 0.3) is 27.8 Å². The predicted molar refractivity (Wildman–Crippen MR) is 106 cm³/mol. The van der Waals surface area contributed by atoms with E-state index in [0.717, 1.165) is 27.8 Å². The Bertz CT molecular complexity index is 1310. The number of rotatable bonds is 4. The highest BCUT2D eigenvalue weighted by atomic mass is 16.5. The van der Waals surface area contributed by atoms with Crippen LogP contribution in [0.5, 0.6) is 5.88 Å². The number of hydrogen-bond acceptors (Lipinski definition) is 6. The van der Waals surface area contributed by atoms with Crippen molar-refractivity contribution < 1.29 is 4.74 Å². The molecule has 5 rings (SSSR count). The summed E-state index contributed by atoms with van der Waals surface area (Å²) < 4.78 is 10.6. The molecule has 0 fully saturated rings. The highest BCUT2D eigenvalue weighted by molar-refractivity contribution is 5.83. The van der Waals surface area contributed by atoms with Gasteiger partial charge in [-0.1, -0.05) is 12.1 Å². The van der Waals surface area contributed by atoms with Gasteiger partial charge in [-0.25, -0.2) is 4.52 Å². The first kappa shape index (κ1) is 16.3. The molecule has 9 heteroatoms. The fourth-order valence-electron chi connectivity index (χ4n) is 3.31. The van der Waals surface area contributed by atoms with Gasteiger partial charge in [0.05, 0.1) is 24.5 Å². The largest absolute Gasteiger partial charge is 0.478 e. The molecule has 0 atom stereocenters. The molecule has 0 amide bonds. The van der Waals surface area contributed by atoms with Gasteiger partial charge >= 0.3 is 0 Å². The van der Waals surface area contributed by atoms with Crippen LogP contribution in [0, 0.1) is 0 Å². The second-order valence-corrected chi connectivity index (χ2v) is 6.54. The molecule has 1 aromatic carbocycles. The van der Waals surface area contributed by atoms with E-state index < -0.39 is 0 Å². The van der Waals surface area contributed by atoms with E-state index in [2.05, 4.69) is 31.7 Å². The van der Waals surface area contributed by atoms with Crippen molar-refractivity contribution in [2.45, 2.75) is 0 Å². The smallest absolute Gasteiger partial charge is 0.256 e. The number of nitrogens with zero attached hydrogens (tertiary/aromatic N) is 7. The van der Waals surface area contributed by atoms with Crippen LogP contribution in [0.3, 0.4) is 0 Å². The summed E-state index contributed by atoms with van der Waals surface area (Å²) in [7, 11) is 5.33. The minimum atomic E-state index is 0.473. The molecule has 140 valence electrons. The van der Waals surface area contributed by atoms with E-state index >= 15 is 0 Å².